The van der Waals surface area contributed by atoms with E-state index in [-0.39, 0.29) is 11.4 Å². The Labute approximate surface area is 96.9 Å². The first-order chi connectivity index (χ1) is 8.16. The maximum atomic E-state index is 10.9. The molecule has 0 fully saturated rings. The molecule has 0 aliphatic carbocycles. The smallest absolute Gasteiger partial charge is 0.341 e. The van der Waals surface area contributed by atoms with Crippen molar-refractivity contribution in [3.05, 3.63) is 41.9 Å². The van der Waals surface area contributed by atoms with Gasteiger partial charge in [-0.2, -0.15) is 5.10 Å². The van der Waals surface area contributed by atoms with Crippen molar-refractivity contribution in [2.75, 3.05) is 0 Å². The maximum absolute atomic E-state index is 10.9. The van der Waals surface area contributed by atoms with Crippen molar-refractivity contribution >= 4 is 5.97 Å². The minimum atomic E-state index is -1.12. The molecular formula is C11H9N3O3. The summed E-state index contributed by atoms with van der Waals surface area (Å²) < 4.78 is 5.31. The quantitative estimate of drug-likeness (QED) is 0.864. The van der Waals surface area contributed by atoms with Crippen LogP contribution in [0.5, 0.6) is 11.6 Å². The van der Waals surface area contributed by atoms with Gasteiger partial charge >= 0.3 is 5.97 Å². The van der Waals surface area contributed by atoms with Gasteiger partial charge in [0.2, 0.25) is 0 Å². The Kier molecular flexibility index (Phi) is 2.95. The molecule has 6 nitrogen and oxygen atoms in total. The summed E-state index contributed by atoms with van der Waals surface area (Å²) in [7, 11) is 0. The Morgan fingerprint density at radius 3 is 2.82 bits per heavy atom. The molecule has 2 heterocycles. The van der Waals surface area contributed by atoms with Crippen LogP contribution in [0, 0.1) is 6.92 Å². The van der Waals surface area contributed by atoms with Gasteiger partial charge in [0.15, 0.2) is 0 Å². The monoisotopic (exact) mass is 231 g/mol. The SMILES string of the molecule is Cc1ccc(Oc2nnccc2C(=O)O)cn1. The van der Waals surface area contributed by atoms with Gasteiger partial charge in [-0.1, -0.05) is 0 Å². The van der Waals surface area contributed by atoms with Gasteiger partial charge < -0.3 is 9.84 Å². The van der Waals surface area contributed by atoms with Crippen LogP contribution in [0.1, 0.15) is 16.1 Å². The van der Waals surface area contributed by atoms with Crippen molar-refractivity contribution in [3.63, 3.8) is 0 Å². The molecule has 6 heteroatoms. The van der Waals surface area contributed by atoms with Crippen molar-refractivity contribution < 1.29 is 14.6 Å². The third-order valence-corrected chi connectivity index (χ3v) is 2.02. The Balaban J connectivity index is 2.30. The number of ether oxygens (including phenoxy) is 1. The number of aromatic carboxylic acids is 1. The standard InChI is InChI=1S/C11H9N3O3/c1-7-2-3-8(6-12-7)17-10-9(11(15)16)4-5-13-14-10/h2-6H,1H3,(H,15,16). The highest BCUT2D eigenvalue weighted by atomic mass is 16.5. The van der Waals surface area contributed by atoms with Crippen LogP contribution in [-0.2, 0) is 0 Å². The van der Waals surface area contributed by atoms with E-state index >= 15 is 0 Å². The molecule has 0 aliphatic heterocycles. The van der Waals surface area contributed by atoms with E-state index in [1.54, 1.807) is 12.1 Å². The molecule has 0 unspecified atom stereocenters. The summed E-state index contributed by atoms with van der Waals surface area (Å²) in [5, 5.41) is 16.1. The molecule has 86 valence electrons. The van der Waals surface area contributed by atoms with Gasteiger partial charge in [0, 0.05) is 5.69 Å². The summed E-state index contributed by atoms with van der Waals surface area (Å²) in [6.45, 7) is 1.84. The second-order valence-corrected chi connectivity index (χ2v) is 3.29. The second-order valence-electron chi connectivity index (χ2n) is 3.29. The Bertz CT molecular complexity index is 540. The number of carboxylic acid groups (broad SMARTS) is 1. The van der Waals surface area contributed by atoms with Gasteiger partial charge in [0.05, 0.1) is 12.4 Å². The summed E-state index contributed by atoms with van der Waals surface area (Å²) in [6, 6.07) is 4.76. The van der Waals surface area contributed by atoms with E-state index in [0.717, 1.165) is 5.69 Å². The third-order valence-electron chi connectivity index (χ3n) is 2.02. The average Bonchev–Trinajstić information content (AvgIpc) is 2.32. The van der Waals surface area contributed by atoms with Gasteiger partial charge in [-0.25, -0.2) is 4.79 Å². The molecule has 2 rings (SSSR count). The summed E-state index contributed by atoms with van der Waals surface area (Å²) in [5.41, 5.74) is 0.801. The Hall–Kier alpha value is -2.50. The van der Waals surface area contributed by atoms with Crippen LogP contribution in [0.4, 0.5) is 0 Å². The summed E-state index contributed by atoms with van der Waals surface area (Å²) >= 11 is 0. The zero-order valence-corrected chi connectivity index (χ0v) is 8.99. The highest BCUT2D eigenvalue weighted by Crippen LogP contribution is 2.21. The fourth-order valence-electron chi connectivity index (χ4n) is 1.18. The number of aromatic nitrogens is 3. The lowest BCUT2D eigenvalue weighted by Gasteiger charge is -2.05. The number of hydrogen-bond acceptors (Lipinski definition) is 5. The fourth-order valence-corrected chi connectivity index (χ4v) is 1.18. The molecule has 0 amide bonds. The van der Waals surface area contributed by atoms with Crippen LogP contribution in [0.2, 0.25) is 0 Å². The Morgan fingerprint density at radius 1 is 1.35 bits per heavy atom. The van der Waals surface area contributed by atoms with Crippen LogP contribution in [0.15, 0.2) is 30.6 Å². The molecule has 17 heavy (non-hydrogen) atoms. The number of hydrogen-bond donors (Lipinski definition) is 1. The lowest BCUT2D eigenvalue weighted by atomic mass is 10.3. The van der Waals surface area contributed by atoms with Crippen molar-refractivity contribution in [2.45, 2.75) is 6.92 Å². The molecule has 0 saturated heterocycles. The molecular weight excluding hydrogens is 222 g/mol. The molecule has 2 aromatic heterocycles. The van der Waals surface area contributed by atoms with E-state index in [2.05, 4.69) is 15.2 Å². The molecule has 0 aromatic carbocycles. The first-order valence-corrected chi connectivity index (χ1v) is 4.82. The topological polar surface area (TPSA) is 85.2 Å². The number of carboxylic acids is 1. The molecule has 0 saturated carbocycles. The summed E-state index contributed by atoms with van der Waals surface area (Å²) in [6.07, 6.45) is 2.79. The maximum Gasteiger partial charge on any atom is 0.341 e. The molecule has 0 radical (unpaired) electrons. The average molecular weight is 231 g/mol. The molecule has 0 aliphatic rings. The van der Waals surface area contributed by atoms with E-state index in [1.807, 2.05) is 6.92 Å². The Morgan fingerprint density at radius 2 is 2.18 bits per heavy atom. The normalized spacial score (nSPS) is 9.94. The zero-order valence-electron chi connectivity index (χ0n) is 8.99. The van der Waals surface area contributed by atoms with Crippen molar-refractivity contribution in [1.29, 1.82) is 0 Å². The van der Waals surface area contributed by atoms with E-state index < -0.39 is 5.97 Å². The van der Waals surface area contributed by atoms with E-state index in [4.69, 9.17) is 9.84 Å². The van der Waals surface area contributed by atoms with Crippen LogP contribution >= 0.6 is 0 Å². The van der Waals surface area contributed by atoms with Gasteiger partial charge in [0.25, 0.3) is 5.88 Å². The first kappa shape index (κ1) is 11.0. The summed E-state index contributed by atoms with van der Waals surface area (Å²) in [4.78, 5) is 14.9. The van der Waals surface area contributed by atoms with Crippen LogP contribution in [0.3, 0.4) is 0 Å². The highest BCUT2D eigenvalue weighted by molar-refractivity contribution is 5.90. The lowest BCUT2D eigenvalue weighted by Crippen LogP contribution is -2.03. The van der Waals surface area contributed by atoms with Crippen molar-refractivity contribution in [1.82, 2.24) is 15.2 Å². The zero-order chi connectivity index (χ0) is 12.3. The highest BCUT2D eigenvalue weighted by Gasteiger charge is 2.13. The van der Waals surface area contributed by atoms with E-state index in [0.29, 0.717) is 5.75 Å². The van der Waals surface area contributed by atoms with Crippen molar-refractivity contribution in [2.24, 2.45) is 0 Å². The van der Waals surface area contributed by atoms with Crippen LogP contribution in [-0.4, -0.2) is 26.3 Å². The van der Waals surface area contributed by atoms with Gasteiger partial charge in [-0.3, -0.25) is 4.98 Å². The minimum absolute atomic E-state index is 0.0411. The first-order valence-electron chi connectivity index (χ1n) is 4.82. The molecule has 0 atom stereocenters. The van der Waals surface area contributed by atoms with Gasteiger partial charge in [-0.15, -0.1) is 5.10 Å². The van der Waals surface area contributed by atoms with E-state index in [1.165, 1.54) is 18.5 Å². The second kappa shape index (κ2) is 4.56. The predicted octanol–water partition coefficient (Wildman–Crippen LogP) is 1.67. The predicted molar refractivity (Wildman–Crippen MR) is 58.0 cm³/mol. The number of pyridine rings is 1. The number of rotatable bonds is 3. The van der Waals surface area contributed by atoms with Crippen LogP contribution in [0.25, 0.3) is 0 Å². The molecule has 0 bridgehead atoms. The number of nitrogens with zero attached hydrogens (tertiary/aromatic N) is 3. The molecule has 1 N–H and O–H groups in total. The molecule has 0 spiro atoms. The summed E-state index contributed by atoms with van der Waals surface area (Å²) in [5.74, 6) is -0.751. The number of carbonyl (C=O) groups is 1. The fraction of sp³-hybridized carbons (Fsp3) is 0.0909. The number of aryl methyl sites for hydroxylation is 1. The van der Waals surface area contributed by atoms with Crippen LogP contribution < -0.4 is 4.74 Å². The van der Waals surface area contributed by atoms with E-state index in [9.17, 15) is 4.79 Å². The lowest BCUT2D eigenvalue weighted by molar-refractivity contribution is 0.0693. The van der Waals surface area contributed by atoms with Gasteiger partial charge in [-0.05, 0) is 25.1 Å². The molecule has 2 aromatic rings. The minimum Gasteiger partial charge on any atom is -0.477 e. The van der Waals surface area contributed by atoms with Crippen molar-refractivity contribution in [3.8, 4) is 11.6 Å². The largest absolute Gasteiger partial charge is 0.477 e. The van der Waals surface area contributed by atoms with Gasteiger partial charge in [0.1, 0.15) is 11.3 Å². The third kappa shape index (κ3) is 2.54.